The molecule has 7 aliphatic rings. The molecule has 1 N–H and O–H groups in total. The average molecular weight is 886 g/mol. The second kappa shape index (κ2) is 16.0. The van der Waals surface area contributed by atoms with Crippen molar-refractivity contribution in [1.29, 1.82) is 0 Å². The number of alkyl halides is 2. The lowest BCUT2D eigenvalue weighted by Crippen LogP contribution is -2.53. The molecule has 340 valence electrons. The summed E-state index contributed by atoms with van der Waals surface area (Å²) in [5, 5.41) is 2.73. The van der Waals surface area contributed by atoms with Crippen LogP contribution in [-0.2, 0) is 36.2 Å². The largest absolute Gasteiger partial charge is 0.469 e. The van der Waals surface area contributed by atoms with Gasteiger partial charge >= 0.3 is 12.1 Å². The number of nitrogens with zero attached hydrogens (tertiary/aromatic N) is 4. The number of carbonyl (C=O) groups excluding carboxylic acids is 4. The van der Waals surface area contributed by atoms with E-state index in [-0.39, 0.29) is 70.7 Å². The van der Waals surface area contributed by atoms with Crippen LogP contribution in [0.2, 0.25) is 0 Å². The van der Waals surface area contributed by atoms with Crippen LogP contribution in [0.4, 0.5) is 19.3 Å². The third-order valence-corrected chi connectivity index (χ3v) is 15.6. The number of fused-ring (bicyclic) bond motifs is 6. The third kappa shape index (κ3) is 7.37. The molecule has 4 aliphatic heterocycles. The molecule has 3 aliphatic carbocycles. The average Bonchev–Trinajstić information content (AvgIpc) is 3.95. The molecule has 0 radical (unpaired) electrons. The van der Waals surface area contributed by atoms with E-state index in [4.69, 9.17) is 19.5 Å². The first-order chi connectivity index (χ1) is 31.1. The van der Waals surface area contributed by atoms with Crippen molar-refractivity contribution in [1.82, 2.24) is 15.1 Å². The van der Waals surface area contributed by atoms with Crippen molar-refractivity contribution in [3.05, 3.63) is 83.1 Å². The highest BCUT2D eigenvalue weighted by Crippen LogP contribution is 2.56. The zero-order valence-electron chi connectivity index (χ0n) is 38.0. The topological polar surface area (TPSA) is 130 Å². The van der Waals surface area contributed by atoms with Crippen molar-refractivity contribution in [2.24, 2.45) is 39.1 Å². The number of carbonyl (C=O) groups is 4. The summed E-state index contributed by atoms with van der Waals surface area (Å²) in [7, 11) is 2.63. The molecule has 3 aromatic carbocycles. The number of aliphatic imine (C=N–C) groups is 2. The summed E-state index contributed by atoms with van der Waals surface area (Å²) in [6.45, 7) is 8.33. The molecule has 11 nitrogen and oxygen atoms in total. The van der Waals surface area contributed by atoms with Crippen LogP contribution in [0.5, 0.6) is 0 Å². The number of hydrogen-bond acceptors (Lipinski definition) is 8. The number of alkyl carbamates (subject to hydrolysis) is 1. The van der Waals surface area contributed by atoms with Gasteiger partial charge in [0.2, 0.25) is 11.8 Å². The van der Waals surface area contributed by atoms with E-state index in [0.29, 0.717) is 47.6 Å². The van der Waals surface area contributed by atoms with Crippen LogP contribution in [0.15, 0.2) is 70.8 Å². The summed E-state index contributed by atoms with van der Waals surface area (Å²) >= 11 is 0. The fraction of sp³-hybridized carbons (Fsp3) is 0.500. The highest BCUT2D eigenvalue weighted by Gasteiger charge is 2.56. The maximum absolute atomic E-state index is 16.7. The summed E-state index contributed by atoms with van der Waals surface area (Å²) in [5.74, 6) is -4.13. The minimum absolute atomic E-state index is 0.00470. The van der Waals surface area contributed by atoms with Gasteiger partial charge in [-0.1, -0.05) is 58.0 Å². The van der Waals surface area contributed by atoms with Gasteiger partial charge in [0.05, 0.1) is 44.3 Å². The van der Waals surface area contributed by atoms with Crippen molar-refractivity contribution in [3.63, 3.8) is 0 Å². The van der Waals surface area contributed by atoms with E-state index in [1.807, 2.05) is 67.8 Å². The number of amides is 3. The van der Waals surface area contributed by atoms with Crippen LogP contribution in [-0.4, -0.2) is 90.0 Å². The molecule has 4 heterocycles. The van der Waals surface area contributed by atoms with Crippen LogP contribution in [0, 0.1) is 29.1 Å². The molecular formula is C52H57F2N5O6. The second-order valence-corrected chi connectivity index (χ2v) is 20.3. The van der Waals surface area contributed by atoms with Gasteiger partial charge in [-0.2, -0.15) is 8.78 Å². The molecule has 65 heavy (non-hydrogen) atoms. The zero-order valence-corrected chi connectivity index (χ0v) is 38.0. The van der Waals surface area contributed by atoms with E-state index in [1.54, 1.807) is 30.5 Å². The van der Waals surface area contributed by atoms with E-state index in [9.17, 15) is 19.2 Å². The maximum Gasteiger partial charge on any atom is 0.407 e. The first kappa shape index (κ1) is 43.2. The van der Waals surface area contributed by atoms with E-state index >= 15 is 8.78 Å². The fourth-order valence-corrected chi connectivity index (χ4v) is 11.8. The smallest absolute Gasteiger partial charge is 0.407 e. The lowest BCUT2D eigenvalue weighted by atomic mass is 9.87. The Labute approximate surface area is 378 Å². The number of rotatable bonds is 11. The molecule has 6 atom stereocenters. The van der Waals surface area contributed by atoms with Crippen LogP contribution in [0.3, 0.4) is 0 Å². The Morgan fingerprint density at radius 1 is 0.831 bits per heavy atom. The second-order valence-electron chi connectivity index (χ2n) is 20.3. The van der Waals surface area contributed by atoms with Gasteiger partial charge < -0.3 is 24.6 Å². The molecular weight excluding hydrogens is 829 g/mol. The lowest BCUT2D eigenvalue weighted by Gasteiger charge is -2.38. The number of hydrogen-bond donors (Lipinski definition) is 1. The standard InChI is InChI=1S/C52H57F2N5O6/c1-27(2)38(23-45(60)64-5)48(61)59-35-11-7-32(18-35)47(59)43-21-33-17-29(10-14-41(33)56-43)30-8-12-36-37-13-9-31(20-40(37)52(53,54)39(36)19-30)34-22-42(55-25-34)44-24-51(15-16-51)26-58(44)49(62)46(28(3)4)57-50(63)65-6/h8-10,12-14,17,19-20,25,27-28,32,35,38,44,46-47H,7,11,15-16,18,21-24,26H2,1-6H3,(H,57,63)/t32-,35+,38-,44+,46-,47-/m0/s1. The number of halogens is 2. The molecule has 0 aromatic heterocycles. The normalized spacial score (nSPS) is 24.7. The Morgan fingerprint density at radius 3 is 2.20 bits per heavy atom. The lowest BCUT2D eigenvalue weighted by molar-refractivity contribution is -0.149. The highest BCUT2D eigenvalue weighted by atomic mass is 19.3. The van der Waals surface area contributed by atoms with Crippen molar-refractivity contribution in [2.75, 3.05) is 20.8 Å². The van der Waals surface area contributed by atoms with Gasteiger partial charge in [0, 0.05) is 54.2 Å². The number of piperidine rings is 1. The third-order valence-electron chi connectivity index (χ3n) is 15.6. The Morgan fingerprint density at radius 2 is 1.52 bits per heavy atom. The maximum atomic E-state index is 16.7. The zero-order chi connectivity index (χ0) is 45.7. The fourth-order valence-electron chi connectivity index (χ4n) is 11.8. The Bertz CT molecular complexity index is 2610. The van der Waals surface area contributed by atoms with Crippen LogP contribution in [0.25, 0.3) is 27.8 Å². The molecule has 2 saturated carbocycles. The van der Waals surface area contributed by atoms with Gasteiger partial charge in [-0.05, 0) is 125 Å². The van der Waals surface area contributed by atoms with Crippen molar-refractivity contribution >= 4 is 46.6 Å². The summed E-state index contributed by atoms with van der Waals surface area (Å²) < 4.78 is 43.2. The minimum atomic E-state index is -3.24. The number of nitrogens with one attached hydrogen (secondary N) is 1. The Hall–Kier alpha value is -5.72. The minimum Gasteiger partial charge on any atom is -0.469 e. The molecule has 1 spiro atoms. The van der Waals surface area contributed by atoms with E-state index in [0.717, 1.165) is 72.3 Å². The molecule has 10 rings (SSSR count). The SMILES string of the molecule is COC(=O)C[C@H](C(=O)N1[C@@H]2CC[C@@H](C2)[C@H]1C1=Nc2ccc(-c3ccc4c(c3)C(F)(F)c3cc(C5=CN=C([C@H]6CC7(CC7)CN6C(=O)[C@@H](NC(=O)OC)C(C)C)C5)ccc3-4)cc2C1)C(C)C. The van der Waals surface area contributed by atoms with Gasteiger partial charge in [-0.3, -0.25) is 24.4 Å². The predicted molar refractivity (Wildman–Crippen MR) is 244 cm³/mol. The Kier molecular flexibility index (Phi) is 10.6. The number of ether oxygens (including phenoxy) is 2. The predicted octanol–water partition coefficient (Wildman–Crippen LogP) is 9.26. The van der Waals surface area contributed by atoms with Crippen LogP contribution >= 0.6 is 0 Å². The summed E-state index contributed by atoms with van der Waals surface area (Å²) in [6, 6.07) is 15.6. The Balaban J connectivity index is 0.846. The number of esters is 1. The van der Waals surface area contributed by atoms with Crippen molar-refractivity contribution in [2.45, 2.75) is 116 Å². The van der Waals surface area contributed by atoms with Crippen LogP contribution in [0.1, 0.15) is 101 Å². The van der Waals surface area contributed by atoms with E-state index in [1.165, 1.54) is 14.2 Å². The quantitative estimate of drug-likeness (QED) is 0.191. The molecule has 2 saturated heterocycles. The molecule has 3 aromatic rings. The van der Waals surface area contributed by atoms with Crippen molar-refractivity contribution < 1.29 is 37.4 Å². The van der Waals surface area contributed by atoms with Gasteiger partial charge in [0.25, 0.3) is 5.92 Å². The first-order valence-electron chi connectivity index (χ1n) is 23.3. The van der Waals surface area contributed by atoms with Gasteiger partial charge in [-0.25, -0.2) is 4.79 Å². The first-order valence-corrected chi connectivity index (χ1v) is 23.3. The molecule has 3 amide bonds. The summed E-state index contributed by atoms with van der Waals surface area (Å²) in [6.07, 6.45) is 7.93. The summed E-state index contributed by atoms with van der Waals surface area (Å²) in [4.78, 5) is 66.5. The molecule has 4 fully saturated rings. The summed E-state index contributed by atoms with van der Waals surface area (Å²) in [5.41, 5.74) is 7.63. The number of likely N-dealkylation sites (tertiary alicyclic amines) is 2. The van der Waals surface area contributed by atoms with Gasteiger partial charge in [-0.15, -0.1) is 0 Å². The molecule has 13 heteroatoms. The highest BCUT2D eigenvalue weighted by molar-refractivity contribution is 6.05. The number of allylic oxidation sites excluding steroid dienone is 1. The molecule has 2 bridgehead atoms. The molecule has 0 unspecified atom stereocenters. The monoisotopic (exact) mass is 885 g/mol. The van der Waals surface area contributed by atoms with Gasteiger partial charge in [0.1, 0.15) is 6.04 Å². The van der Waals surface area contributed by atoms with E-state index < -0.39 is 24.0 Å². The van der Waals surface area contributed by atoms with Crippen molar-refractivity contribution in [3.8, 4) is 22.3 Å². The van der Waals surface area contributed by atoms with E-state index in [2.05, 4.69) is 5.32 Å². The van der Waals surface area contributed by atoms with Gasteiger partial charge in [0.15, 0.2) is 0 Å². The van der Waals surface area contributed by atoms with Crippen LogP contribution < -0.4 is 5.32 Å². The number of benzene rings is 3. The number of methoxy groups -OCH3 is 2.